The first kappa shape index (κ1) is 14.4. The second-order valence-electron chi connectivity index (χ2n) is 7.94. The van der Waals surface area contributed by atoms with Gasteiger partial charge in [0.1, 0.15) is 0 Å². The summed E-state index contributed by atoms with van der Waals surface area (Å²) in [6.45, 7) is 4.89. The van der Waals surface area contributed by atoms with Crippen molar-refractivity contribution < 1.29 is 0 Å². The largest absolute Gasteiger partial charge is 0.357 e. The lowest BCUT2D eigenvalue weighted by Crippen LogP contribution is -2.50. The minimum Gasteiger partial charge on any atom is -0.357 e. The molecule has 0 radical (unpaired) electrons. The van der Waals surface area contributed by atoms with Crippen molar-refractivity contribution in [2.24, 2.45) is 17.8 Å². The summed E-state index contributed by atoms with van der Waals surface area (Å²) < 4.78 is 0. The van der Waals surface area contributed by atoms with Gasteiger partial charge in [0.2, 0.25) is 0 Å². The van der Waals surface area contributed by atoms with Crippen LogP contribution in [-0.4, -0.2) is 28.4 Å². The van der Waals surface area contributed by atoms with Gasteiger partial charge in [0, 0.05) is 35.1 Å². The van der Waals surface area contributed by atoms with Gasteiger partial charge < -0.3 is 4.98 Å². The molecular weight excluding hydrogens is 304 g/mol. The first-order chi connectivity index (χ1) is 11.2. The molecular formula is C20H25ClN2. The first-order valence-corrected chi connectivity index (χ1v) is 9.63. The molecule has 1 aromatic heterocycles. The average Bonchev–Trinajstić information content (AvgIpc) is 2.96. The summed E-state index contributed by atoms with van der Waals surface area (Å²) >= 11 is 6.61. The third kappa shape index (κ3) is 2.11. The number of para-hydroxylation sites is 1. The number of fused-ring (bicyclic) bond motifs is 6. The van der Waals surface area contributed by atoms with Gasteiger partial charge in [-0.1, -0.05) is 25.1 Å². The maximum Gasteiger partial charge on any atom is 0.0504 e. The lowest BCUT2D eigenvalue weighted by molar-refractivity contribution is 0.00772. The van der Waals surface area contributed by atoms with Gasteiger partial charge in [-0.3, -0.25) is 4.90 Å². The molecule has 1 N–H and O–H groups in total. The number of piperidine rings is 1. The van der Waals surface area contributed by atoms with Crippen molar-refractivity contribution in [1.82, 2.24) is 9.88 Å². The Labute approximate surface area is 143 Å². The van der Waals surface area contributed by atoms with Crippen LogP contribution in [-0.2, 0) is 6.42 Å². The van der Waals surface area contributed by atoms with Gasteiger partial charge in [-0.05, 0) is 55.1 Å². The Kier molecular flexibility index (Phi) is 3.28. The van der Waals surface area contributed by atoms with E-state index < -0.39 is 0 Å². The van der Waals surface area contributed by atoms with Crippen LogP contribution in [0.15, 0.2) is 24.3 Å². The molecule has 5 rings (SSSR count). The van der Waals surface area contributed by atoms with Crippen LogP contribution in [0.3, 0.4) is 0 Å². The van der Waals surface area contributed by atoms with Crippen molar-refractivity contribution in [2.75, 3.05) is 13.1 Å². The molecule has 5 atom stereocenters. The fraction of sp³-hybridized carbons (Fsp3) is 0.600. The number of halogens is 1. The molecule has 23 heavy (non-hydrogen) atoms. The van der Waals surface area contributed by atoms with E-state index in [1.165, 1.54) is 55.4 Å². The van der Waals surface area contributed by atoms with Crippen LogP contribution in [0.4, 0.5) is 0 Å². The molecule has 2 nitrogen and oxygen atoms in total. The van der Waals surface area contributed by atoms with E-state index >= 15 is 0 Å². The van der Waals surface area contributed by atoms with Crippen molar-refractivity contribution in [2.45, 2.75) is 44.0 Å². The molecule has 2 fully saturated rings. The zero-order valence-electron chi connectivity index (χ0n) is 13.8. The molecule has 1 aliphatic carbocycles. The van der Waals surface area contributed by atoms with E-state index in [0.29, 0.717) is 17.3 Å². The van der Waals surface area contributed by atoms with E-state index in [-0.39, 0.29) is 0 Å². The van der Waals surface area contributed by atoms with Crippen LogP contribution in [0, 0.1) is 17.8 Å². The number of nitrogens with zero attached hydrogens (tertiary/aromatic N) is 1. The van der Waals surface area contributed by atoms with E-state index in [0.717, 1.165) is 11.8 Å². The van der Waals surface area contributed by atoms with Gasteiger partial charge in [-0.2, -0.15) is 0 Å². The summed E-state index contributed by atoms with van der Waals surface area (Å²) in [5, 5.41) is 1.82. The van der Waals surface area contributed by atoms with Crippen molar-refractivity contribution in [3.63, 3.8) is 0 Å². The van der Waals surface area contributed by atoms with Crippen LogP contribution in [0.2, 0.25) is 0 Å². The van der Waals surface area contributed by atoms with Gasteiger partial charge in [0.05, 0.1) is 6.04 Å². The average molecular weight is 329 g/mol. The fourth-order valence-corrected chi connectivity index (χ4v) is 5.91. The molecule has 3 heteroatoms. The molecule has 0 amide bonds. The topological polar surface area (TPSA) is 19.0 Å². The predicted molar refractivity (Wildman–Crippen MR) is 96.0 cm³/mol. The Morgan fingerprint density at radius 1 is 1.22 bits per heavy atom. The van der Waals surface area contributed by atoms with Gasteiger partial charge >= 0.3 is 0 Å². The number of hydrogen-bond donors (Lipinski definition) is 1. The van der Waals surface area contributed by atoms with Crippen molar-refractivity contribution in [1.29, 1.82) is 0 Å². The molecule has 2 aliphatic heterocycles. The van der Waals surface area contributed by atoms with E-state index in [4.69, 9.17) is 11.6 Å². The number of H-pyrrole nitrogens is 1. The third-order valence-electron chi connectivity index (χ3n) is 6.90. The lowest BCUT2D eigenvalue weighted by Gasteiger charge is -2.51. The second kappa shape index (κ2) is 5.26. The number of aromatic nitrogens is 1. The second-order valence-corrected chi connectivity index (χ2v) is 8.50. The molecule has 1 saturated heterocycles. The number of benzene rings is 1. The Hall–Kier alpha value is -0.990. The van der Waals surface area contributed by atoms with Crippen molar-refractivity contribution in [3.8, 4) is 0 Å². The Morgan fingerprint density at radius 3 is 3.00 bits per heavy atom. The Balaban J connectivity index is 1.54. The summed E-state index contributed by atoms with van der Waals surface area (Å²) in [6.07, 6.45) is 5.02. The highest BCUT2D eigenvalue weighted by molar-refractivity contribution is 6.20. The van der Waals surface area contributed by atoms with Crippen LogP contribution < -0.4 is 0 Å². The van der Waals surface area contributed by atoms with E-state index in [1.54, 1.807) is 5.56 Å². The lowest BCUT2D eigenvalue weighted by atomic mass is 9.66. The molecule has 0 spiro atoms. The molecule has 1 aromatic carbocycles. The minimum atomic E-state index is 0.383. The smallest absolute Gasteiger partial charge is 0.0504 e. The van der Waals surface area contributed by atoms with Gasteiger partial charge in [0.15, 0.2) is 0 Å². The predicted octanol–water partition coefficient (Wildman–Crippen LogP) is 4.74. The van der Waals surface area contributed by atoms with Crippen molar-refractivity contribution >= 4 is 22.5 Å². The zero-order valence-corrected chi connectivity index (χ0v) is 14.5. The summed E-state index contributed by atoms with van der Waals surface area (Å²) in [6, 6.07) is 9.39. The van der Waals surface area contributed by atoms with Crippen LogP contribution in [0.25, 0.3) is 10.9 Å². The molecule has 5 unspecified atom stereocenters. The molecule has 0 bridgehead atoms. The third-order valence-corrected chi connectivity index (χ3v) is 7.51. The van der Waals surface area contributed by atoms with Gasteiger partial charge in [0.25, 0.3) is 0 Å². The van der Waals surface area contributed by atoms with E-state index in [1.807, 2.05) is 0 Å². The van der Waals surface area contributed by atoms with Crippen molar-refractivity contribution in [3.05, 3.63) is 35.5 Å². The van der Waals surface area contributed by atoms with Crippen LogP contribution >= 0.6 is 11.6 Å². The highest BCUT2D eigenvalue weighted by Crippen LogP contribution is 2.49. The SMILES string of the molecule is CC1C(Cl)CCC2CN3CCc4c([nH]c5ccccc45)C3CC21. The van der Waals surface area contributed by atoms with Gasteiger partial charge in [-0.15, -0.1) is 11.6 Å². The number of hydrogen-bond acceptors (Lipinski definition) is 1. The summed E-state index contributed by atoms with van der Waals surface area (Å²) in [5.74, 6) is 2.32. The number of rotatable bonds is 0. The van der Waals surface area contributed by atoms with Crippen LogP contribution in [0.1, 0.15) is 43.5 Å². The number of nitrogens with one attached hydrogen (secondary N) is 1. The zero-order chi connectivity index (χ0) is 15.6. The minimum absolute atomic E-state index is 0.383. The number of aromatic amines is 1. The molecule has 3 heterocycles. The highest BCUT2D eigenvalue weighted by atomic mass is 35.5. The normalized spacial score (nSPS) is 37.2. The summed E-state index contributed by atoms with van der Waals surface area (Å²) in [5.41, 5.74) is 4.39. The maximum absolute atomic E-state index is 6.61. The standard InChI is InChI=1S/C20H25ClN2/c1-12-16-10-19-20-15(14-4-2-3-5-18(14)22-20)8-9-23(19)11-13(16)6-7-17(12)21/h2-5,12-13,16-17,19,22H,6-11H2,1H3. The van der Waals surface area contributed by atoms with E-state index in [9.17, 15) is 0 Å². The number of alkyl halides is 1. The molecule has 3 aliphatic rings. The molecule has 122 valence electrons. The monoisotopic (exact) mass is 328 g/mol. The Bertz CT molecular complexity index is 736. The Morgan fingerprint density at radius 2 is 2.09 bits per heavy atom. The van der Waals surface area contributed by atoms with Gasteiger partial charge in [-0.25, -0.2) is 0 Å². The fourth-order valence-electron chi connectivity index (χ4n) is 5.59. The van der Waals surface area contributed by atoms with E-state index in [2.05, 4.69) is 41.1 Å². The summed E-state index contributed by atoms with van der Waals surface area (Å²) in [7, 11) is 0. The maximum atomic E-state index is 6.61. The molecule has 2 aromatic rings. The quantitative estimate of drug-likeness (QED) is 0.692. The summed E-state index contributed by atoms with van der Waals surface area (Å²) in [4.78, 5) is 6.51. The molecule has 1 saturated carbocycles. The first-order valence-electron chi connectivity index (χ1n) is 9.20. The highest BCUT2D eigenvalue weighted by Gasteiger charge is 2.45. The van der Waals surface area contributed by atoms with Crippen LogP contribution in [0.5, 0.6) is 0 Å².